The molecule has 9 nitrogen and oxygen atoms in total. The summed E-state index contributed by atoms with van der Waals surface area (Å²) in [4.78, 5) is 47.8. The van der Waals surface area contributed by atoms with Gasteiger partial charge in [-0.05, 0) is 24.6 Å². The second-order valence-corrected chi connectivity index (χ2v) is 6.46. The predicted octanol–water partition coefficient (Wildman–Crippen LogP) is 1.75. The number of methoxy groups -OCH3 is 2. The van der Waals surface area contributed by atoms with Gasteiger partial charge in [-0.3, -0.25) is 9.59 Å². The Hall–Kier alpha value is -3.40. The lowest BCUT2D eigenvalue weighted by atomic mass is 10.1. The van der Waals surface area contributed by atoms with E-state index < -0.39 is 30.4 Å². The van der Waals surface area contributed by atoms with E-state index in [0.29, 0.717) is 5.56 Å². The minimum absolute atomic E-state index is 0.0544. The largest absolute Gasteiger partial charge is 0.483 e. The predicted molar refractivity (Wildman–Crippen MR) is 101 cm³/mol. The van der Waals surface area contributed by atoms with Crippen molar-refractivity contribution in [3.05, 3.63) is 45.8 Å². The molecule has 0 fully saturated rings. The van der Waals surface area contributed by atoms with Crippen LogP contribution in [0, 0.1) is 6.92 Å². The number of hydrogen-bond donors (Lipinski definition) is 2. The van der Waals surface area contributed by atoms with Crippen LogP contribution in [-0.2, 0) is 14.3 Å². The fraction of sp³-hybridized carbons (Fsp3) is 0.222. The Labute approximate surface area is 164 Å². The number of nitrogens with two attached hydrogens (primary N) is 1. The molecule has 0 saturated heterocycles. The Balaban J connectivity index is 2.21. The molecule has 0 aliphatic rings. The van der Waals surface area contributed by atoms with E-state index in [1.807, 2.05) is 0 Å². The highest BCUT2D eigenvalue weighted by Crippen LogP contribution is 2.34. The molecule has 0 atom stereocenters. The van der Waals surface area contributed by atoms with Crippen LogP contribution in [0.2, 0.25) is 0 Å². The number of anilines is 1. The maximum Gasteiger partial charge on any atom is 0.348 e. The number of nitrogens with one attached hydrogen (secondary N) is 1. The van der Waals surface area contributed by atoms with Crippen LogP contribution >= 0.6 is 11.3 Å². The summed E-state index contributed by atoms with van der Waals surface area (Å²) in [6, 6.07) is 6.20. The van der Waals surface area contributed by atoms with Gasteiger partial charge < -0.3 is 25.3 Å². The maximum atomic E-state index is 12.3. The summed E-state index contributed by atoms with van der Waals surface area (Å²) in [5, 5.41) is 2.64. The lowest BCUT2D eigenvalue weighted by Gasteiger charge is -2.10. The number of benzene rings is 1. The van der Waals surface area contributed by atoms with Gasteiger partial charge in [0.05, 0.1) is 25.3 Å². The smallest absolute Gasteiger partial charge is 0.348 e. The zero-order valence-corrected chi connectivity index (χ0v) is 16.2. The molecule has 0 aliphatic heterocycles. The summed E-state index contributed by atoms with van der Waals surface area (Å²) in [5.74, 6) is -2.50. The van der Waals surface area contributed by atoms with Gasteiger partial charge in [0.2, 0.25) is 0 Å². The van der Waals surface area contributed by atoms with Crippen molar-refractivity contribution in [2.45, 2.75) is 6.92 Å². The summed E-state index contributed by atoms with van der Waals surface area (Å²) in [5.41, 5.74) is 5.78. The van der Waals surface area contributed by atoms with Gasteiger partial charge in [-0.25, -0.2) is 9.59 Å². The highest BCUT2D eigenvalue weighted by molar-refractivity contribution is 7.18. The number of carbonyl (C=O) groups excluding carboxylic acids is 4. The van der Waals surface area contributed by atoms with Crippen molar-refractivity contribution in [2.75, 3.05) is 26.1 Å². The molecule has 0 bridgehead atoms. The summed E-state index contributed by atoms with van der Waals surface area (Å²) < 4.78 is 14.8. The molecular weight excluding hydrogens is 388 g/mol. The third-order valence-corrected chi connectivity index (χ3v) is 4.86. The summed E-state index contributed by atoms with van der Waals surface area (Å²) in [7, 11) is 2.40. The number of thiophene rings is 1. The normalized spacial score (nSPS) is 10.1. The average molecular weight is 406 g/mol. The number of amides is 2. The van der Waals surface area contributed by atoms with Gasteiger partial charge in [0.15, 0.2) is 6.61 Å². The average Bonchev–Trinajstić information content (AvgIpc) is 3.01. The standard InChI is InChI=1S/C18H18N2O7S/c1-9-13(17(23)25-2)16(28-14(9)18(24)26-3)20-12(21)8-27-11-7-5-4-6-10(11)15(19)22/h4-7H,8H2,1-3H3,(H2,19,22)(H,20,21). The number of ether oxygens (including phenoxy) is 3. The zero-order chi connectivity index (χ0) is 20.8. The number of para-hydroxylation sites is 1. The zero-order valence-electron chi connectivity index (χ0n) is 15.4. The lowest BCUT2D eigenvalue weighted by molar-refractivity contribution is -0.118. The van der Waals surface area contributed by atoms with Crippen LogP contribution in [0.25, 0.3) is 0 Å². The van der Waals surface area contributed by atoms with E-state index in [9.17, 15) is 19.2 Å². The number of primary amides is 1. The molecule has 0 aliphatic carbocycles. The second kappa shape index (κ2) is 9.00. The molecule has 0 radical (unpaired) electrons. The first kappa shape index (κ1) is 20.9. The molecule has 1 aromatic heterocycles. The molecule has 2 aromatic rings. The van der Waals surface area contributed by atoms with Crippen LogP contribution in [0.15, 0.2) is 24.3 Å². The molecule has 0 spiro atoms. The highest BCUT2D eigenvalue weighted by atomic mass is 32.1. The summed E-state index contributed by atoms with van der Waals surface area (Å²) in [6.07, 6.45) is 0. The van der Waals surface area contributed by atoms with Crippen molar-refractivity contribution in [2.24, 2.45) is 5.73 Å². The first-order chi connectivity index (χ1) is 13.3. The minimum Gasteiger partial charge on any atom is -0.483 e. The molecule has 0 saturated carbocycles. The lowest BCUT2D eigenvalue weighted by Crippen LogP contribution is -2.22. The molecule has 28 heavy (non-hydrogen) atoms. The van der Waals surface area contributed by atoms with Gasteiger partial charge in [0, 0.05) is 0 Å². The van der Waals surface area contributed by atoms with E-state index in [4.69, 9.17) is 15.2 Å². The van der Waals surface area contributed by atoms with Gasteiger partial charge in [-0.15, -0.1) is 11.3 Å². The third kappa shape index (κ3) is 4.46. The monoisotopic (exact) mass is 406 g/mol. The van der Waals surface area contributed by atoms with E-state index in [2.05, 4.69) is 10.1 Å². The van der Waals surface area contributed by atoms with Gasteiger partial charge in [0.25, 0.3) is 11.8 Å². The van der Waals surface area contributed by atoms with Crippen LogP contribution in [0.3, 0.4) is 0 Å². The van der Waals surface area contributed by atoms with Crippen molar-refractivity contribution >= 4 is 40.1 Å². The number of rotatable bonds is 7. The van der Waals surface area contributed by atoms with Crippen molar-refractivity contribution < 1.29 is 33.4 Å². The minimum atomic E-state index is -0.709. The Morgan fingerprint density at radius 3 is 2.32 bits per heavy atom. The van der Waals surface area contributed by atoms with Crippen molar-refractivity contribution in [3.63, 3.8) is 0 Å². The molecule has 2 amide bonds. The van der Waals surface area contributed by atoms with Crippen molar-refractivity contribution in [3.8, 4) is 5.75 Å². The summed E-state index contributed by atoms with van der Waals surface area (Å²) >= 11 is 0.884. The van der Waals surface area contributed by atoms with Crippen LogP contribution in [-0.4, -0.2) is 44.6 Å². The molecule has 3 N–H and O–H groups in total. The number of esters is 2. The molecule has 10 heteroatoms. The van der Waals surface area contributed by atoms with Gasteiger partial charge in [0.1, 0.15) is 15.6 Å². The Kier molecular flexibility index (Phi) is 6.72. The molecule has 1 aromatic carbocycles. The third-order valence-electron chi connectivity index (χ3n) is 3.67. The van der Waals surface area contributed by atoms with E-state index in [-0.39, 0.29) is 26.8 Å². The van der Waals surface area contributed by atoms with Crippen LogP contribution in [0.4, 0.5) is 5.00 Å². The highest BCUT2D eigenvalue weighted by Gasteiger charge is 2.26. The first-order valence-corrected chi connectivity index (χ1v) is 8.73. The van der Waals surface area contributed by atoms with Gasteiger partial charge >= 0.3 is 11.9 Å². The fourth-order valence-electron chi connectivity index (χ4n) is 2.34. The fourth-order valence-corrected chi connectivity index (χ4v) is 3.47. The second-order valence-electron chi connectivity index (χ2n) is 5.44. The Morgan fingerprint density at radius 1 is 1.07 bits per heavy atom. The molecule has 2 rings (SSSR count). The quantitative estimate of drug-likeness (QED) is 0.669. The summed E-state index contributed by atoms with van der Waals surface area (Å²) in [6.45, 7) is 1.10. The molecule has 148 valence electrons. The van der Waals surface area contributed by atoms with Gasteiger partial charge in [-0.1, -0.05) is 12.1 Å². The van der Waals surface area contributed by atoms with Crippen molar-refractivity contribution in [1.29, 1.82) is 0 Å². The molecule has 1 heterocycles. The van der Waals surface area contributed by atoms with E-state index in [0.717, 1.165) is 11.3 Å². The molecule has 0 unspecified atom stereocenters. The maximum absolute atomic E-state index is 12.3. The van der Waals surface area contributed by atoms with Crippen LogP contribution in [0.1, 0.15) is 36.0 Å². The Bertz CT molecular complexity index is 936. The first-order valence-electron chi connectivity index (χ1n) is 7.91. The topological polar surface area (TPSA) is 134 Å². The molecular formula is C18H18N2O7S. The van der Waals surface area contributed by atoms with Crippen LogP contribution in [0.5, 0.6) is 5.75 Å². The Morgan fingerprint density at radius 2 is 1.71 bits per heavy atom. The number of hydrogen-bond acceptors (Lipinski definition) is 8. The van der Waals surface area contributed by atoms with Crippen LogP contribution < -0.4 is 15.8 Å². The SMILES string of the molecule is COC(=O)c1sc(NC(=O)COc2ccccc2C(N)=O)c(C(=O)OC)c1C. The van der Waals surface area contributed by atoms with E-state index in [1.165, 1.54) is 26.4 Å². The van der Waals surface area contributed by atoms with E-state index in [1.54, 1.807) is 19.1 Å². The van der Waals surface area contributed by atoms with Crippen molar-refractivity contribution in [1.82, 2.24) is 0 Å². The number of carbonyl (C=O) groups is 4. The van der Waals surface area contributed by atoms with Gasteiger partial charge in [-0.2, -0.15) is 0 Å². The van der Waals surface area contributed by atoms with E-state index >= 15 is 0 Å².